The lowest BCUT2D eigenvalue weighted by Crippen LogP contribution is -2.45. The molecule has 0 spiro atoms. The lowest BCUT2D eigenvalue weighted by molar-refractivity contribution is -0.138. The van der Waals surface area contributed by atoms with Crippen LogP contribution in [0.4, 0.5) is 13.2 Å². The number of rotatable bonds is 5. The zero-order valence-electron chi connectivity index (χ0n) is 15.1. The Bertz CT molecular complexity index is 673. The fourth-order valence-electron chi connectivity index (χ4n) is 2.59. The van der Waals surface area contributed by atoms with Crippen LogP contribution in [0.2, 0.25) is 0 Å². The van der Waals surface area contributed by atoms with E-state index in [9.17, 15) is 23.2 Å². The lowest BCUT2D eigenvalue weighted by Gasteiger charge is -2.33. The fraction of sp³-hybridized carbons (Fsp3) is 0.588. The monoisotopic (exact) mass is 373 g/mol. The molecule has 0 aliphatic rings. The predicted octanol–water partition coefficient (Wildman–Crippen LogP) is 4.41. The number of carbonyl (C=O) groups is 1. The van der Waals surface area contributed by atoms with E-state index in [1.54, 1.807) is 17.9 Å². The molecule has 0 saturated carbocycles. The number of amides is 1. The van der Waals surface area contributed by atoms with Crippen LogP contribution in [0.15, 0.2) is 11.1 Å². The number of hydrogen-bond donors (Lipinski definition) is 0. The first-order valence-electron chi connectivity index (χ1n) is 7.87. The molecule has 0 aliphatic heterocycles. The molecule has 1 aromatic heterocycles. The van der Waals surface area contributed by atoms with Crippen molar-refractivity contribution in [1.82, 2.24) is 9.88 Å². The largest absolute Gasteiger partial charge is 0.417 e. The third-order valence-electron chi connectivity index (χ3n) is 3.53. The summed E-state index contributed by atoms with van der Waals surface area (Å²) in [5, 5.41) is 8.47. The second kappa shape index (κ2) is 8.09. The number of aromatic nitrogens is 1. The number of alkyl halides is 3. The van der Waals surface area contributed by atoms with Crippen molar-refractivity contribution in [2.75, 3.05) is 0 Å². The SMILES string of the molecule is Cc1cc(C(F)(F)F)c(C#N)c(SC(C)C(=O)N(C(C)C)C(C)C)n1. The number of nitrogens with zero attached hydrogens (tertiary/aromatic N) is 3. The highest BCUT2D eigenvalue weighted by atomic mass is 32.2. The van der Waals surface area contributed by atoms with Crippen LogP contribution in [0.25, 0.3) is 0 Å². The van der Waals surface area contributed by atoms with Crippen molar-refractivity contribution in [3.05, 3.63) is 22.9 Å². The van der Waals surface area contributed by atoms with Crippen molar-refractivity contribution in [2.45, 2.75) is 70.1 Å². The predicted molar refractivity (Wildman–Crippen MR) is 91.1 cm³/mol. The maximum absolute atomic E-state index is 13.2. The van der Waals surface area contributed by atoms with Gasteiger partial charge in [0.25, 0.3) is 0 Å². The number of thioether (sulfide) groups is 1. The van der Waals surface area contributed by atoms with E-state index < -0.39 is 22.6 Å². The van der Waals surface area contributed by atoms with Gasteiger partial charge in [0, 0.05) is 17.8 Å². The highest BCUT2D eigenvalue weighted by Crippen LogP contribution is 2.37. The molecule has 138 valence electrons. The Hall–Kier alpha value is -1.75. The van der Waals surface area contributed by atoms with Crippen LogP contribution in [-0.2, 0) is 11.0 Å². The molecule has 0 aliphatic carbocycles. The molecule has 0 aromatic carbocycles. The summed E-state index contributed by atoms with van der Waals surface area (Å²) in [7, 11) is 0. The minimum atomic E-state index is -4.65. The summed E-state index contributed by atoms with van der Waals surface area (Å²) < 4.78 is 39.5. The van der Waals surface area contributed by atoms with Gasteiger partial charge in [-0.2, -0.15) is 18.4 Å². The quantitative estimate of drug-likeness (QED) is 0.718. The summed E-state index contributed by atoms with van der Waals surface area (Å²) in [6.45, 7) is 10.6. The molecule has 8 heteroatoms. The van der Waals surface area contributed by atoms with Gasteiger partial charge in [0.1, 0.15) is 11.1 Å². The zero-order valence-corrected chi connectivity index (χ0v) is 15.9. The molecule has 1 rings (SSSR count). The number of nitriles is 1. The maximum atomic E-state index is 13.2. The van der Waals surface area contributed by atoms with Crippen LogP contribution in [0.5, 0.6) is 0 Å². The molecule has 1 aromatic rings. The standard InChI is InChI=1S/C17H22F3N3OS/c1-9(2)23(10(3)4)16(24)12(6)25-15-13(8-21)14(17(18,19)20)7-11(5)22-15/h7,9-10,12H,1-6H3. The molecule has 1 unspecified atom stereocenters. The Balaban J connectivity index is 3.25. The minimum Gasteiger partial charge on any atom is -0.337 e. The zero-order chi connectivity index (χ0) is 19.5. The van der Waals surface area contributed by atoms with Gasteiger partial charge in [0.05, 0.1) is 16.4 Å². The van der Waals surface area contributed by atoms with Crippen LogP contribution in [0, 0.1) is 18.3 Å². The van der Waals surface area contributed by atoms with E-state index in [4.69, 9.17) is 0 Å². The molecule has 25 heavy (non-hydrogen) atoms. The van der Waals surface area contributed by atoms with Crippen LogP contribution < -0.4 is 0 Å². The Morgan fingerprint density at radius 3 is 2.16 bits per heavy atom. The van der Waals surface area contributed by atoms with Crippen molar-refractivity contribution in [3.63, 3.8) is 0 Å². The fourth-order valence-corrected chi connectivity index (χ4v) is 3.62. The Kier molecular flexibility index (Phi) is 6.89. The van der Waals surface area contributed by atoms with Crippen LogP contribution in [0.3, 0.4) is 0 Å². The number of carbonyl (C=O) groups excluding carboxylic acids is 1. The molecule has 0 radical (unpaired) electrons. The van der Waals surface area contributed by atoms with E-state index >= 15 is 0 Å². The summed E-state index contributed by atoms with van der Waals surface area (Å²) in [6, 6.07) is 2.36. The summed E-state index contributed by atoms with van der Waals surface area (Å²) >= 11 is 0.886. The van der Waals surface area contributed by atoms with E-state index in [2.05, 4.69) is 4.98 Å². The molecule has 1 heterocycles. The van der Waals surface area contributed by atoms with Crippen molar-refractivity contribution >= 4 is 17.7 Å². The van der Waals surface area contributed by atoms with E-state index in [0.717, 1.165) is 17.8 Å². The van der Waals surface area contributed by atoms with Gasteiger partial charge in [-0.05, 0) is 47.6 Å². The van der Waals surface area contributed by atoms with Gasteiger partial charge in [-0.25, -0.2) is 4.98 Å². The minimum absolute atomic E-state index is 0.0396. The van der Waals surface area contributed by atoms with Crippen molar-refractivity contribution in [1.29, 1.82) is 5.26 Å². The molecule has 1 amide bonds. The Morgan fingerprint density at radius 1 is 1.24 bits per heavy atom. The van der Waals surface area contributed by atoms with E-state index in [1.807, 2.05) is 27.7 Å². The highest BCUT2D eigenvalue weighted by molar-refractivity contribution is 8.00. The van der Waals surface area contributed by atoms with Gasteiger partial charge < -0.3 is 4.90 Å². The van der Waals surface area contributed by atoms with Gasteiger partial charge in [0.15, 0.2) is 0 Å². The smallest absolute Gasteiger partial charge is 0.337 e. The molecule has 0 saturated heterocycles. The molecule has 0 N–H and O–H groups in total. The first-order valence-corrected chi connectivity index (χ1v) is 8.75. The normalized spacial score (nSPS) is 13.0. The van der Waals surface area contributed by atoms with E-state index in [-0.39, 0.29) is 28.7 Å². The maximum Gasteiger partial charge on any atom is 0.417 e. The van der Waals surface area contributed by atoms with E-state index in [0.29, 0.717) is 0 Å². The summed E-state index contributed by atoms with van der Waals surface area (Å²) in [5.74, 6) is -0.198. The van der Waals surface area contributed by atoms with E-state index in [1.165, 1.54) is 6.92 Å². The van der Waals surface area contributed by atoms with Crippen molar-refractivity contribution in [3.8, 4) is 6.07 Å². The first-order chi connectivity index (χ1) is 11.4. The molecule has 4 nitrogen and oxygen atoms in total. The summed E-state index contributed by atoms with van der Waals surface area (Å²) in [6.07, 6.45) is -4.65. The first kappa shape index (κ1) is 21.3. The number of halogens is 3. The average Bonchev–Trinajstić information content (AvgIpc) is 2.44. The van der Waals surface area contributed by atoms with Gasteiger partial charge >= 0.3 is 6.18 Å². The van der Waals surface area contributed by atoms with Gasteiger partial charge in [0.2, 0.25) is 5.91 Å². The average molecular weight is 373 g/mol. The lowest BCUT2D eigenvalue weighted by atomic mass is 10.1. The van der Waals surface area contributed by atoms with Gasteiger partial charge in [-0.3, -0.25) is 4.79 Å². The Morgan fingerprint density at radius 2 is 1.76 bits per heavy atom. The number of pyridine rings is 1. The van der Waals surface area contributed by atoms with Gasteiger partial charge in [-0.1, -0.05) is 11.8 Å². The van der Waals surface area contributed by atoms with Crippen LogP contribution in [0.1, 0.15) is 51.4 Å². The number of hydrogen-bond acceptors (Lipinski definition) is 4. The third kappa shape index (κ3) is 5.11. The Labute approximate surface area is 150 Å². The van der Waals surface area contributed by atoms with Crippen LogP contribution >= 0.6 is 11.8 Å². The van der Waals surface area contributed by atoms with Gasteiger partial charge in [-0.15, -0.1) is 0 Å². The van der Waals surface area contributed by atoms with Crippen LogP contribution in [-0.4, -0.2) is 33.1 Å². The topological polar surface area (TPSA) is 57.0 Å². The second-order valence-corrected chi connectivity index (χ2v) is 7.62. The second-order valence-electron chi connectivity index (χ2n) is 6.29. The summed E-state index contributed by atoms with van der Waals surface area (Å²) in [4.78, 5) is 18.4. The third-order valence-corrected chi connectivity index (χ3v) is 4.61. The highest BCUT2D eigenvalue weighted by Gasteiger charge is 2.36. The molecule has 0 bridgehead atoms. The number of aryl methyl sites for hydroxylation is 1. The van der Waals surface area contributed by atoms with Crippen molar-refractivity contribution in [2.24, 2.45) is 0 Å². The molecular formula is C17H22F3N3OS. The summed E-state index contributed by atoms with van der Waals surface area (Å²) in [5.41, 5.74) is -1.41. The molecule has 1 atom stereocenters. The molecule has 0 fully saturated rings. The van der Waals surface area contributed by atoms with Crippen molar-refractivity contribution < 1.29 is 18.0 Å². The molecular weight excluding hydrogens is 351 g/mol.